The Hall–Kier alpha value is -1.16. The van der Waals surface area contributed by atoms with Crippen molar-refractivity contribution in [1.29, 1.82) is 0 Å². The minimum atomic E-state index is -0.517. The van der Waals surface area contributed by atoms with Gasteiger partial charge in [-0.1, -0.05) is 6.07 Å². The molecule has 1 heterocycles. The Morgan fingerprint density at radius 3 is 2.46 bits per heavy atom. The van der Waals surface area contributed by atoms with Gasteiger partial charge in [0.2, 0.25) is 0 Å². The summed E-state index contributed by atoms with van der Waals surface area (Å²) in [6.07, 6.45) is 0.800. The number of guanidine groups is 1. The molecule has 1 aromatic carbocycles. The van der Waals surface area contributed by atoms with Crippen LogP contribution in [0.3, 0.4) is 0 Å². The van der Waals surface area contributed by atoms with Crippen LogP contribution in [0.2, 0.25) is 0 Å². The first-order chi connectivity index (χ1) is 11.8. The Balaban J connectivity index is 0.00000338. The van der Waals surface area contributed by atoms with Crippen molar-refractivity contribution in [2.75, 3.05) is 38.1 Å². The lowest BCUT2D eigenvalue weighted by Gasteiger charge is -2.22. The average Bonchev–Trinajstić information content (AvgIpc) is 2.97. The summed E-state index contributed by atoms with van der Waals surface area (Å²) >= 11 is 0. The van der Waals surface area contributed by atoms with Crippen LogP contribution in [0.5, 0.6) is 0 Å². The molecule has 1 unspecified atom stereocenters. The number of hydrogen-bond acceptors (Lipinski definition) is 3. The van der Waals surface area contributed by atoms with E-state index in [1.165, 1.54) is 18.2 Å². The summed E-state index contributed by atoms with van der Waals surface area (Å²) < 4.78 is 27.8. The quantitative estimate of drug-likeness (QED) is 0.262. The van der Waals surface area contributed by atoms with E-state index in [0.29, 0.717) is 19.0 Å². The van der Waals surface area contributed by atoms with Gasteiger partial charge in [0.25, 0.3) is 0 Å². The number of aliphatic imine (C=N–C) groups is 1. The van der Waals surface area contributed by atoms with Crippen molar-refractivity contribution in [3.63, 3.8) is 0 Å². The smallest absolute Gasteiger partial charge is 0.191 e. The number of nitrogens with one attached hydrogen (secondary N) is 3. The van der Waals surface area contributed by atoms with E-state index >= 15 is 0 Å². The highest BCUT2D eigenvalue weighted by Crippen LogP contribution is 2.26. The second-order valence-electron chi connectivity index (χ2n) is 7.32. The van der Waals surface area contributed by atoms with Crippen LogP contribution in [-0.4, -0.2) is 50.8 Å². The number of anilines is 1. The van der Waals surface area contributed by atoms with E-state index in [1.807, 2.05) is 0 Å². The van der Waals surface area contributed by atoms with Crippen molar-refractivity contribution in [3.05, 3.63) is 29.8 Å². The summed E-state index contributed by atoms with van der Waals surface area (Å²) in [4.78, 5) is 5.97. The third kappa shape index (κ3) is 6.86. The highest BCUT2D eigenvalue weighted by Gasteiger charge is 2.27. The molecule has 0 amide bonds. The Kier molecular flexibility index (Phi) is 9.02. The molecule has 1 aliphatic rings. The molecule has 1 aromatic rings. The summed E-state index contributed by atoms with van der Waals surface area (Å²) in [6.45, 7) is 9.08. The summed E-state index contributed by atoms with van der Waals surface area (Å²) in [5, 5.41) is 9.98. The SMILES string of the molecule is CN=C(NCCNC(C)(C)C)NC1CCN(c2c(F)cccc2F)C1.I. The van der Waals surface area contributed by atoms with E-state index in [9.17, 15) is 8.78 Å². The van der Waals surface area contributed by atoms with Crippen LogP contribution in [0.25, 0.3) is 0 Å². The fourth-order valence-corrected chi connectivity index (χ4v) is 2.88. The second kappa shape index (κ2) is 10.2. The Morgan fingerprint density at radius 2 is 1.88 bits per heavy atom. The normalized spacial score (nSPS) is 17.8. The Bertz CT molecular complexity index is 583. The van der Waals surface area contributed by atoms with Gasteiger partial charge in [0.1, 0.15) is 17.3 Å². The van der Waals surface area contributed by atoms with Crippen LogP contribution in [0.15, 0.2) is 23.2 Å². The summed E-state index contributed by atoms with van der Waals surface area (Å²) in [5.74, 6) is -0.329. The highest BCUT2D eigenvalue weighted by atomic mass is 127. The number of benzene rings is 1. The molecule has 0 bridgehead atoms. The zero-order valence-corrected chi connectivity index (χ0v) is 18.2. The molecule has 0 saturated carbocycles. The number of hydrogen-bond donors (Lipinski definition) is 3. The maximum Gasteiger partial charge on any atom is 0.191 e. The molecule has 1 saturated heterocycles. The predicted octanol–water partition coefficient (Wildman–Crippen LogP) is 2.71. The van der Waals surface area contributed by atoms with Crippen LogP contribution in [0.1, 0.15) is 27.2 Å². The largest absolute Gasteiger partial charge is 0.365 e. The lowest BCUT2D eigenvalue weighted by atomic mass is 10.1. The Labute approximate surface area is 172 Å². The number of halogens is 3. The van der Waals surface area contributed by atoms with Crippen molar-refractivity contribution in [2.24, 2.45) is 4.99 Å². The van der Waals surface area contributed by atoms with Gasteiger partial charge in [-0.2, -0.15) is 0 Å². The van der Waals surface area contributed by atoms with E-state index < -0.39 is 11.6 Å². The van der Waals surface area contributed by atoms with Crippen molar-refractivity contribution < 1.29 is 8.78 Å². The van der Waals surface area contributed by atoms with Gasteiger partial charge in [0.15, 0.2) is 5.96 Å². The van der Waals surface area contributed by atoms with Crippen molar-refractivity contribution in [1.82, 2.24) is 16.0 Å². The maximum absolute atomic E-state index is 13.9. The average molecular weight is 481 g/mol. The summed E-state index contributed by atoms with van der Waals surface area (Å²) in [7, 11) is 1.72. The van der Waals surface area contributed by atoms with Crippen molar-refractivity contribution >= 4 is 35.6 Å². The van der Waals surface area contributed by atoms with Crippen LogP contribution >= 0.6 is 24.0 Å². The third-order valence-electron chi connectivity index (χ3n) is 4.08. The number of rotatable bonds is 5. The molecule has 0 aromatic heterocycles. The van der Waals surface area contributed by atoms with E-state index in [0.717, 1.165) is 19.5 Å². The topological polar surface area (TPSA) is 51.7 Å². The number of nitrogens with zero attached hydrogens (tertiary/aromatic N) is 2. The standard InChI is InChI=1S/C18H29F2N5.HI/c1-18(2,3)23-10-9-22-17(21-4)24-13-8-11-25(12-13)16-14(19)6-5-7-15(16)20;/h5-7,13,23H,8-12H2,1-4H3,(H2,21,22,24);1H. The first kappa shape index (κ1) is 22.9. The van der Waals surface area contributed by atoms with Crippen LogP contribution < -0.4 is 20.9 Å². The maximum atomic E-state index is 13.9. The van der Waals surface area contributed by atoms with Gasteiger partial charge in [-0.3, -0.25) is 4.99 Å². The van der Waals surface area contributed by atoms with Crippen LogP contribution in [0, 0.1) is 11.6 Å². The zero-order valence-electron chi connectivity index (χ0n) is 15.9. The van der Waals surface area contributed by atoms with Crippen LogP contribution in [-0.2, 0) is 0 Å². The molecule has 1 fully saturated rings. The molecular formula is C18H30F2IN5. The predicted molar refractivity (Wildman–Crippen MR) is 115 cm³/mol. The minimum Gasteiger partial charge on any atom is -0.365 e. The second-order valence-corrected chi connectivity index (χ2v) is 7.32. The molecular weight excluding hydrogens is 451 g/mol. The summed E-state index contributed by atoms with van der Waals surface area (Å²) in [5.41, 5.74) is 0.137. The van der Waals surface area contributed by atoms with Gasteiger partial charge in [-0.15, -0.1) is 24.0 Å². The first-order valence-electron chi connectivity index (χ1n) is 8.71. The van der Waals surface area contributed by atoms with Gasteiger partial charge in [0.05, 0.1) is 0 Å². The minimum absolute atomic E-state index is 0. The molecule has 0 spiro atoms. The fraction of sp³-hybridized carbons (Fsp3) is 0.611. The Morgan fingerprint density at radius 1 is 1.23 bits per heavy atom. The molecule has 1 atom stereocenters. The van der Waals surface area contributed by atoms with Gasteiger partial charge in [-0.25, -0.2) is 8.78 Å². The van der Waals surface area contributed by atoms with Gasteiger partial charge in [0, 0.05) is 44.8 Å². The van der Waals surface area contributed by atoms with Crippen molar-refractivity contribution in [3.8, 4) is 0 Å². The fourth-order valence-electron chi connectivity index (χ4n) is 2.88. The lowest BCUT2D eigenvalue weighted by Crippen LogP contribution is -2.47. The van der Waals surface area contributed by atoms with E-state index in [2.05, 4.69) is 41.7 Å². The molecule has 0 radical (unpaired) electrons. The molecule has 1 aliphatic heterocycles. The third-order valence-corrected chi connectivity index (χ3v) is 4.08. The molecule has 5 nitrogen and oxygen atoms in total. The summed E-state index contributed by atoms with van der Waals surface area (Å²) in [6, 6.07) is 4.07. The number of para-hydroxylation sites is 1. The molecule has 0 aliphatic carbocycles. The van der Waals surface area contributed by atoms with E-state index in [4.69, 9.17) is 0 Å². The first-order valence-corrected chi connectivity index (χ1v) is 8.71. The van der Waals surface area contributed by atoms with Gasteiger partial charge in [-0.05, 0) is 39.3 Å². The molecule has 148 valence electrons. The van der Waals surface area contributed by atoms with Gasteiger partial charge >= 0.3 is 0 Å². The van der Waals surface area contributed by atoms with E-state index in [-0.39, 0.29) is 41.2 Å². The molecule has 2 rings (SSSR count). The highest BCUT2D eigenvalue weighted by molar-refractivity contribution is 14.0. The zero-order chi connectivity index (χ0) is 18.4. The molecule has 3 N–H and O–H groups in total. The molecule has 26 heavy (non-hydrogen) atoms. The van der Waals surface area contributed by atoms with Gasteiger partial charge < -0.3 is 20.9 Å². The molecule has 8 heteroatoms. The lowest BCUT2D eigenvalue weighted by molar-refractivity contribution is 0.428. The van der Waals surface area contributed by atoms with Crippen molar-refractivity contribution in [2.45, 2.75) is 38.8 Å². The van der Waals surface area contributed by atoms with E-state index in [1.54, 1.807) is 11.9 Å². The van der Waals surface area contributed by atoms with Crippen LogP contribution in [0.4, 0.5) is 14.5 Å². The monoisotopic (exact) mass is 481 g/mol.